The quantitative estimate of drug-likeness (QED) is 0.694. The van der Waals surface area contributed by atoms with Gasteiger partial charge in [0.15, 0.2) is 5.78 Å². The number of hydrogen-bond acceptors (Lipinski definition) is 2. The third-order valence-corrected chi connectivity index (χ3v) is 3.70. The summed E-state index contributed by atoms with van der Waals surface area (Å²) in [6, 6.07) is 0. The first-order valence-electron chi connectivity index (χ1n) is 5.50. The van der Waals surface area contributed by atoms with Gasteiger partial charge in [0.1, 0.15) is 0 Å². The maximum Gasteiger partial charge on any atom is 0.168 e. The average molecular weight is 212 g/mol. The summed E-state index contributed by atoms with van der Waals surface area (Å²) in [4.78, 5) is 11.7. The van der Waals surface area contributed by atoms with Crippen molar-refractivity contribution < 1.29 is 4.79 Å². The van der Waals surface area contributed by atoms with Crippen molar-refractivity contribution in [3.8, 4) is 0 Å². The normalized spacial score (nSPS) is 16.9. The summed E-state index contributed by atoms with van der Waals surface area (Å²) in [5.74, 6) is 2.84. The fraction of sp³-hybridized carbons (Fsp3) is 0.750. The standard InChI is InChI=1S/C12H20OS/c1-10(2)8-14-9-12(13)11-6-4-3-5-7-11/h6,10H,3-5,7-9H2,1-2H3. The Balaban J connectivity index is 2.24. The van der Waals surface area contributed by atoms with Crippen molar-refractivity contribution in [2.45, 2.75) is 39.5 Å². The van der Waals surface area contributed by atoms with Gasteiger partial charge in [-0.1, -0.05) is 19.9 Å². The van der Waals surface area contributed by atoms with E-state index in [-0.39, 0.29) is 0 Å². The third-order valence-electron chi connectivity index (χ3n) is 2.33. The van der Waals surface area contributed by atoms with Crippen LogP contribution in [0.15, 0.2) is 11.6 Å². The Morgan fingerprint density at radius 2 is 2.29 bits per heavy atom. The van der Waals surface area contributed by atoms with Crippen LogP contribution in [0.1, 0.15) is 39.5 Å². The van der Waals surface area contributed by atoms with E-state index >= 15 is 0 Å². The Kier molecular flexibility index (Phi) is 5.31. The fourth-order valence-electron chi connectivity index (χ4n) is 1.57. The number of hydrogen-bond donors (Lipinski definition) is 0. The predicted octanol–water partition coefficient (Wildman–Crippen LogP) is 3.45. The molecule has 0 aromatic heterocycles. The number of carbonyl (C=O) groups excluding carboxylic acids is 1. The Morgan fingerprint density at radius 3 is 2.86 bits per heavy atom. The molecule has 0 saturated carbocycles. The van der Waals surface area contributed by atoms with E-state index in [2.05, 4.69) is 19.9 Å². The highest BCUT2D eigenvalue weighted by Gasteiger charge is 2.11. The van der Waals surface area contributed by atoms with Crippen LogP contribution in [0.4, 0.5) is 0 Å². The molecule has 0 fully saturated rings. The SMILES string of the molecule is CC(C)CSCC(=O)C1=CCCCC1. The van der Waals surface area contributed by atoms with Crippen molar-refractivity contribution in [1.29, 1.82) is 0 Å². The van der Waals surface area contributed by atoms with E-state index in [0.717, 1.165) is 24.2 Å². The molecular weight excluding hydrogens is 192 g/mol. The van der Waals surface area contributed by atoms with Gasteiger partial charge in [-0.05, 0) is 42.9 Å². The number of thioether (sulfide) groups is 1. The van der Waals surface area contributed by atoms with Crippen LogP contribution in [0.3, 0.4) is 0 Å². The largest absolute Gasteiger partial charge is 0.294 e. The molecule has 0 radical (unpaired) electrons. The molecule has 14 heavy (non-hydrogen) atoms. The van der Waals surface area contributed by atoms with Gasteiger partial charge >= 0.3 is 0 Å². The van der Waals surface area contributed by atoms with E-state index in [4.69, 9.17) is 0 Å². The van der Waals surface area contributed by atoms with Gasteiger partial charge < -0.3 is 0 Å². The van der Waals surface area contributed by atoms with Crippen molar-refractivity contribution in [2.75, 3.05) is 11.5 Å². The molecule has 0 spiro atoms. The second kappa shape index (κ2) is 6.28. The number of allylic oxidation sites excluding steroid dienone is 2. The molecule has 0 aromatic carbocycles. The molecule has 0 bridgehead atoms. The first kappa shape index (κ1) is 11.8. The van der Waals surface area contributed by atoms with Gasteiger partial charge in [0, 0.05) is 0 Å². The lowest BCUT2D eigenvalue weighted by atomic mass is 9.97. The topological polar surface area (TPSA) is 17.1 Å². The zero-order valence-electron chi connectivity index (χ0n) is 9.21. The summed E-state index contributed by atoms with van der Waals surface area (Å²) in [6.45, 7) is 4.38. The summed E-state index contributed by atoms with van der Waals surface area (Å²) in [6.07, 6.45) is 6.72. The van der Waals surface area contributed by atoms with Crippen LogP contribution in [0.5, 0.6) is 0 Å². The molecule has 80 valence electrons. The van der Waals surface area contributed by atoms with Crippen molar-refractivity contribution in [3.63, 3.8) is 0 Å². The van der Waals surface area contributed by atoms with Gasteiger partial charge in [-0.3, -0.25) is 4.79 Å². The second-order valence-corrected chi connectivity index (χ2v) is 5.34. The second-order valence-electron chi connectivity index (χ2n) is 4.31. The molecule has 1 rings (SSSR count). The maximum absolute atomic E-state index is 11.7. The minimum Gasteiger partial charge on any atom is -0.294 e. The molecule has 0 amide bonds. The van der Waals surface area contributed by atoms with Crippen molar-refractivity contribution >= 4 is 17.5 Å². The molecule has 1 nitrogen and oxygen atoms in total. The van der Waals surface area contributed by atoms with E-state index in [1.807, 2.05) is 0 Å². The first-order valence-corrected chi connectivity index (χ1v) is 6.65. The van der Waals surface area contributed by atoms with Crippen LogP contribution in [0.25, 0.3) is 0 Å². The fourth-order valence-corrected chi connectivity index (χ4v) is 2.53. The molecule has 0 atom stereocenters. The van der Waals surface area contributed by atoms with Gasteiger partial charge in [-0.25, -0.2) is 0 Å². The maximum atomic E-state index is 11.7. The van der Waals surface area contributed by atoms with E-state index in [1.54, 1.807) is 11.8 Å². The molecule has 0 heterocycles. The van der Waals surface area contributed by atoms with Crippen LogP contribution in [-0.4, -0.2) is 17.3 Å². The molecule has 0 saturated heterocycles. The van der Waals surface area contributed by atoms with E-state index in [0.29, 0.717) is 17.5 Å². The number of carbonyl (C=O) groups is 1. The highest BCUT2D eigenvalue weighted by atomic mass is 32.2. The Hall–Kier alpha value is -0.240. The average Bonchev–Trinajstić information content (AvgIpc) is 2.18. The molecule has 0 aliphatic heterocycles. The van der Waals surface area contributed by atoms with Crippen LogP contribution in [-0.2, 0) is 4.79 Å². The monoisotopic (exact) mass is 212 g/mol. The van der Waals surface area contributed by atoms with Crippen molar-refractivity contribution in [1.82, 2.24) is 0 Å². The van der Waals surface area contributed by atoms with Crippen molar-refractivity contribution in [3.05, 3.63) is 11.6 Å². The van der Waals surface area contributed by atoms with E-state index in [1.165, 1.54) is 12.8 Å². The zero-order chi connectivity index (χ0) is 10.4. The number of Topliss-reactive ketones (excluding diaryl/α,β-unsaturated/α-hetero) is 1. The van der Waals surface area contributed by atoms with Gasteiger partial charge in [-0.15, -0.1) is 0 Å². The molecule has 0 aromatic rings. The molecular formula is C12H20OS. The summed E-state index contributed by atoms with van der Waals surface area (Å²) in [5, 5.41) is 0. The lowest BCUT2D eigenvalue weighted by Crippen LogP contribution is -2.09. The van der Waals surface area contributed by atoms with Crippen LogP contribution in [0.2, 0.25) is 0 Å². The summed E-state index contributed by atoms with van der Waals surface area (Å²) in [5.41, 5.74) is 1.09. The lowest BCUT2D eigenvalue weighted by Gasteiger charge is -2.11. The summed E-state index contributed by atoms with van der Waals surface area (Å²) >= 11 is 1.77. The van der Waals surface area contributed by atoms with Gasteiger partial charge in [-0.2, -0.15) is 11.8 Å². The molecule has 2 heteroatoms. The molecule has 1 aliphatic rings. The van der Waals surface area contributed by atoms with Gasteiger partial charge in [0.25, 0.3) is 0 Å². The third kappa shape index (κ3) is 4.32. The Labute approximate surface area is 91.3 Å². The number of rotatable bonds is 5. The van der Waals surface area contributed by atoms with Gasteiger partial charge in [0.05, 0.1) is 5.75 Å². The van der Waals surface area contributed by atoms with E-state index in [9.17, 15) is 4.79 Å². The van der Waals surface area contributed by atoms with Crippen LogP contribution < -0.4 is 0 Å². The number of ketones is 1. The highest BCUT2D eigenvalue weighted by molar-refractivity contribution is 7.99. The van der Waals surface area contributed by atoms with E-state index < -0.39 is 0 Å². The van der Waals surface area contributed by atoms with Gasteiger partial charge in [0.2, 0.25) is 0 Å². The molecule has 0 N–H and O–H groups in total. The van der Waals surface area contributed by atoms with Crippen LogP contribution in [0, 0.1) is 5.92 Å². The first-order chi connectivity index (χ1) is 6.70. The lowest BCUT2D eigenvalue weighted by molar-refractivity contribution is -0.113. The Morgan fingerprint density at radius 1 is 1.50 bits per heavy atom. The minimum absolute atomic E-state index is 0.371. The molecule has 0 unspecified atom stereocenters. The van der Waals surface area contributed by atoms with Crippen molar-refractivity contribution in [2.24, 2.45) is 5.92 Å². The summed E-state index contributed by atoms with van der Waals surface area (Å²) < 4.78 is 0. The zero-order valence-corrected chi connectivity index (χ0v) is 10.0. The highest BCUT2D eigenvalue weighted by Crippen LogP contribution is 2.20. The van der Waals surface area contributed by atoms with Crippen LogP contribution >= 0.6 is 11.8 Å². The minimum atomic E-state index is 0.371. The predicted molar refractivity (Wildman–Crippen MR) is 63.7 cm³/mol. The Bertz CT molecular complexity index is 218. The summed E-state index contributed by atoms with van der Waals surface area (Å²) in [7, 11) is 0. The molecule has 1 aliphatic carbocycles. The smallest absolute Gasteiger partial charge is 0.168 e.